The molecule has 0 bridgehead atoms. The topological polar surface area (TPSA) is 75.5 Å². The highest BCUT2D eigenvalue weighted by Crippen LogP contribution is 2.35. The predicted molar refractivity (Wildman–Crippen MR) is 149 cm³/mol. The molecule has 1 saturated heterocycles. The number of sulfonamides is 1. The highest BCUT2D eigenvalue weighted by Gasteiger charge is 2.32. The number of para-hydroxylation sites is 1. The van der Waals surface area contributed by atoms with Gasteiger partial charge >= 0.3 is 0 Å². The lowest BCUT2D eigenvalue weighted by atomic mass is 10.1. The maximum atomic E-state index is 13.1. The molecule has 0 atom stereocenters. The van der Waals surface area contributed by atoms with Crippen LogP contribution in [0, 0.1) is 0 Å². The van der Waals surface area contributed by atoms with E-state index < -0.39 is 10.0 Å². The molecule has 1 aromatic heterocycles. The number of amides is 1. The molecule has 1 amide bonds. The van der Waals surface area contributed by atoms with Crippen LogP contribution in [0.5, 0.6) is 0 Å². The largest absolute Gasteiger partial charge is 0.293 e. The molecule has 188 valence electrons. The maximum Gasteiger partial charge on any atom is 0.266 e. The van der Waals surface area contributed by atoms with Crippen LogP contribution in [0.2, 0.25) is 0 Å². The van der Waals surface area contributed by atoms with E-state index in [1.54, 1.807) is 33.9 Å². The molecule has 0 unspecified atom stereocenters. The first kappa shape index (κ1) is 26.3. The number of hydrogen-bond donors (Lipinski definition) is 0. The summed E-state index contributed by atoms with van der Waals surface area (Å²) in [5.74, 6) is -0.108. The Morgan fingerprint density at radius 3 is 2.53 bits per heavy atom. The van der Waals surface area contributed by atoms with Gasteiger partial charge in [-0.05, 0) is 36.8 Å². The summed E-state index contributed by atoms with van der Waals surface area (Å²) in [4.78, 5) is 15.5. The summed E-state index contributed by atoms with van der Waals surface area (Å²) in [5.41, 5.74) is 2.76. The molecule has 36 heavy (non-hydrogen) atoms. The van der Waals surface area contributed by atoms with Gasteiger partial charge in [0.1, 0.15) is 10.0 Å². The van der Waals surface area contributed by atoms with E-state index in [1.807, 2.05) is 42.6 Å². The van der Waals surface area contributed by atoms with Crippen LogP contribution in [0.4, 0.5) is 0 Å². The van der Waals surface area contributed by atoms with Gasteiger partial charge in [-0.2, -0.15) is 5.10 Å². The highest BCUT2D eigenvalue weighted by atomic mass is 32.2. The minimum absolute atomic E-state index is 0.108. The molecular formula is C26H28N4O3S3. The average Bonchev–Trinajstić information content (AvgIpc) is 3.41. The molecule has 0 N–H and O–H groups in total. The van der Waals surface area contributed by atoms with Crippen molar-refractivity contribution in [3.05, 3.63) is 71.3 Å². The van der Waals surface area contributed by atoms with E-state index in [2.05, 4.69) is 6.92 Å². The lowest BCUT2D eigenvalue weighted by Crippen LogP contribution is -2.28. The van der Waals surface area contributed by atoms with Gasteiger partial charge in [0, 0.05) is 38.0 Å². The number of carbonyl (C=O) groups excluding carboxylic acids is 1. The summed E-state index contributed by atoms with van der Waals surface area (Å²) in [7, 11) is -0.621. The molecule has 1 fully saturated rings. The summed E-state index contributed by atoms with van der Waals surface area (Å²) in [6.07, 6.45) is 6.65. The van der Waals surface area contributed by atoms with Gasteiger partial charge in [-0.15, -0.1) is 0 Å². The van der Waals surface area contributed by atoms with E-state index in [-0.39, 0.29) is 10.8 Å². The van der Waals surface area contributed by atoms with E-state index in [0.29, 0.717) is 32.6 Å². The highest BCUT2D eigenvalue weighted by molar-refractivity contribution is 8.26. The van der Waals surface area contributed by atoms with Crippen LogP contribution in [0.3, 0.4) is 0 Å². The van der Waals surface area contributed by atoms with Gasteiger partial charge in [0.25, 0.3) is 5.91 Å². The Morgan fingerprint density at radius 1 is 1.08 bits per heavy atom. The van der Waals surface area contributed by atoms with Gasteiger partial charge in [-0.3, -0.25) is 9.69 Å². The monoisotopic (exact) mass is 540 g/mol. The first-order chi connectivity index (χ1) is 17.2. The SMILES string of the molecule is CCCCCN1C(=O)C(=Cc2cn(-c3ccccc3)nc2-c2cccc(S(=O)(=O)N(C)C)c2)SC1=S. The number of hydrogen-bond acceptors (Lipinski definition) is 6. The van der Waals surface area contributed by atoms with Crippen molar-refractivity contribution in [1.29, 1.82) is 0 Å². The molecule has 1 aliphatic rings. The molecular weight excluding hydrogens is 513 g/mol. The van der Waals surface area contributed by atoms with E-state index >= 15 is 0 Å². The molecule has 4 rings (SSSR count). The Labute approximate surface area is 221 Å². The van der Waals surface area contributed by atoms with Crippen LogP contribution in [0.25, 0.3) is 23.0 Å². The van der Waals surface area contributed by atoms with Crippen molar-refractivity contribution < 1.29 is 13.2 Å². The second kappa shape index (κ2) is 11.1. The van der Waals surface area contributed by atoms with Gasteiger partial charge in [-0.25, -0.2) is 17.4 Å². The molecule has 2 aromatic carbocycles. The normalized spacial score (nSPS) is 15.4. The Hall–Kier alpha value is -2.79. The zero-order chi connectivity index (χ0) is 25.9. The smallest absolute Gasteiger partial charge is 0.266 e. The van der Waals surface area contributed by atoms with Crippen molar-refractivity contribution in [1.82, 2.24) is 19.0 Å². The fourth-order valence-corrected chi connectivity index (χ4v) is 6.05. The minimum Gasteiger partial charge on any atom is -0.293 e. The first-order valence-corrected chi connectivity index (χ1v) is 14.3. The summed E-state index contributed by atoms with van der Waals surface area (Å²) in [6, 6.07) is 16.3. The second-order valence-electron chi connectivity index (χ2n) is 8.57. The summed E-state index contributed by atoms with van der Waals surface area (Å²) in [5, 5.41) is 4.78. The fraction of sp³-hybridized carbons (Fsp3) is 0.269. The third-order valence-electron chi connectivity index (χ3n) is 5.79. The van der Waals surface area contributed by atoms with Crippen LogP contribution in [-0.2, 0) is 14.8 Å². The lowest BCUT2D eigenvalue weighted by Gasteiger charge is -2.13. The molecule has 10 heteroatoms. The number of thioether (sulfide) groups is 1. The first-order valence-electron chi connectivity index (χ1n) is 11.7. The average molecular weight is 541 g/mol. The zero-order valence-electron chi connectivity index (χ0n) is 20.4. The van der Waals surface area contributed by atoms with Crippen molar-refractivity contribution in [3.63, 3.8) is 0 Å². The van der Waals surface area contributed by atoms with Crippen molar-refractivity contribution in [2.24, 2.45) is 0 Å². The molecule has 0 aliphatic carbocycles. The van der Waals surface area contributed by atoms with E-state index in [4.69, 9.17) is 17.3 Å². The number of rotatable bonds is 9. The van der Waals surface area contributed by atoms with Crippen molar-refractivity contribution in [2.75, 3.05) is 20.6 Å². The third kappa shape index (κ3) is 5.46. The van der Waals surface area contributed by atoms with Crippen LogP contribution >= 0.6 is 24.0 Å². The van der Waals surface area contributed by atoms with Crippen LogP contribution in [0.15, 0.2) is 70.6 Å². The predicted octanol–water partition coefficient (Wildman–Crippen LogP) is 5.18. The third-order valence-corrected chi connectivity index (χ3v) is 8.98. The number of thiocarbonyl (C=S) groups is 1. The Morgan fingerprint density at radius 2 is 1.83 bits per heavy atom. The second-order valence-corrected chi connectivity index (χ2v) is 12.4. The Bertz CT molecular complexity index is 1410. The molecule has 2 heterocycles. The number of carbonyl (C=O) groups is 1. The van der Waals surface area contributed by atoms with Crippen LogP contribution < -0.4 is 0 Å². The molecule has 0 spiro atoms. The quantitative estimate of drug-likeness (QED) is 0.212. The van der Waals surface area contributed by atoms with Gasteiger partial charge in [0.2, 0.25) is 10.0 Å². The molecule has 3 aromatic rings. The zero-order valence-corrected chi connectivity index (χ0v) is 22.9. The van der Waals surface area contributed by atoms with Crippen molar-refractivity contribution in [3.8, 4) is 16.9 Å². The van der Waals surface area contributed by atoms with Gasteiger partial charge in [-0.1, -0.05) is 74.1 Å². The molecule has 0 radical (unpaired) electrons. The van der Waals surface area contributed by atoms with Gasteiger partial charge in [0.15, 0.2) is 0 Å². The molecule has 1 aliphatic heterocycles. The van der Waals surface area contributed by atoms with Crippen LogP contribution in [-0.4, -0.2) is 58.3 Å². The fourth-order valence-electron chi connectivity index (χ4n) is 3.80. The van der Waals surface area contributed by atoms with E-state index in [1.165, 1.54) is 30.2 Å². The number of aromatic nitrogens is 2. The van der Waals surface area contributed by atoms with E-state index in [9.17, 15) is 13.2 Å². The number of nitrogens with zero attached hydrogens (tertiary/aromatic N) is 4. The van der Waals surface area contributed by atoms with Crippen molar-refractivity contribution >= 4 is 50.3 Å². The summed E-state index contributed by atoms with van der Waals surface area (Å²) < 4.78 is 29.0. The standard InChI is InChI=1S/C26H28N4O3S3/c1-4-5-9-15-29-25(31)23(35-26(29)34)17-20-18-30(21-12-7-6-8-13-21)27-24(20)19-11-10-14-22(16-19)36(32,33)28(2)3/h6-8,10-14,16-18H,4-5,9,15H2,1-3H3. The number of benzene rings is 2. The molecule has 0 saturated carbocycles. The van der Waals surface area contributed by atoms with Crippen molar-refractivity contribution in [2.45, 2.75) is 31.1 Å². The molecule has 7 nitrogen and oxygen atoms in total. The summed E-state index contributed by atoms with van der Waals surface area (Å²) in [6.45, 7) is 2.73. The van der Waals surface area contributed by atoms with Gasteiger partial charge in [0.05, 0.1) is 15.5 Å². The Balaban J connectivity index is 1.78. The van der Waals surface area contributed by atoms with E-state index in [0.717, 1.165) is 24.9 Å². The lowest BCUT2D eigenvalue weighted by molar-refractivity contribution is -0.122. The maximum absolute atomic E-state index is 13.1. The minimum atomic E-state index is -3.62. The Kier molecular flexibility index (Phi) is 8.09. The van der Waals surface area contributed by atoms with Gasteiger partial charge < -0.3 is 0 Å². The summed E-state index contributed by atoms with van der Waals surface area (Å²) >= 11 is 6.77. The number of unbranched alkanes of at least 4 members (excludes halogenated alkanes) is 2. The van der Waals surface area contributed by atoms with Crippen LogP contribution in [0.1, 0.15) is 31.7 Å².